The van der Waals surface area contributed by atoms with Crippen LogP contribution >= 0.6 is 0 Å². The van der Waals surface area contributed by atoms with Crippen LogP contribution in [0.15, 0.2) is 16.4 Å². The van der Waals surface area contributed by atoms with Crippen molar-refractivity contribution in [3.8, 4) is 12.3 Å². The van der Waals surface area contributed by atoms with Crippen LogP contribution < -0.4 is 5.73 Å². The quantitative estimate of drug-likeness (QED) is 0.206. The molecule has 0 amide bonds. The molecule has 0 aliphatic carbocycles. The van der Waals surface area contributed by atoms with Gasteiger partial charge >= 0.3 is 31.1 Å². The molecule has 0 aromatic rings. The van der Waals surface area contributed by atoms with Gasteiger partial charge < -0.3 is 24.5 Å². The van der Waals surface area contributed by atoms with Gasteiger partial charge in [-0.1, -0.05) is 19.0 Å². The molecule has 0 rings (SSSR count). The standard InChI is InChI=1S/C3H4.C2H4N3.C2H6.CH3N3.CH3.U/c1-3-2;3-1-2-5-4;1-2;1-3-4-2;;/h1H,2H3;1,4H,3H2;1-2H3;1H3;1H3;/q;-1;;;-1;+2. The van der Waals surface area contributed by atoms with Crippen LogP contribution in [0.5, 0.6) is 0 Å². The zero-order valence-corrected chi connectivity index (χ0v) is 14.7. The van der Waals surface area contributed by atoms with Crippen molar-refractivity contribution in [1.29, 1.82) is 5.53 Å². The molecule has 0 fully saturated rings. The van der Waals surface area contributed by atoms with Crippen LogP contribution in [-0.2, 0) is 0 Å². The predicted octanol–water partition coefficient (Wildman–Crippen LogP) is 3.29. The van der Waals surface area contributed by atoms with Crippen LogP contribution in [0.3, 0.4) is 0 Å². The molecule has 0 unspecified atom stereocenters. The van der Waals surface area contributed by atoms with E-state index in [9.17, 15) is 0 Å². The number of nitrogens with one attached hydrogen (secondary N) is 1. The molecule has 0 aliphatic rings. The van der Waals surface area contributed by atoms with E-state index < -0.39 is 0 Å². The van der Waals surface area contributed by atoms with E-state index in [4.69, 9.17) is 11.1 Å². The first-order valence-corrected chi connectivity index (χ1v) is 3.71. The van der Waals surface area contributed by atoms with E-state index in [1.165, 1.54) is 7.05 Å². The van der Waals surface area contributed by atoms with Crippen molar-refractivity contribution < 1.29 is 31.1 Å². The molecule has 0 aliphatic heterocycles. The Balaban J connectivity index is -0.0000000210. The van der Waals surface area contributed by atoms with Gasteiger partial charge in [0.05, 0.1) is 0 Å². The second-order valence-electron chi connectivity index (χ2n) is 0.986. The van der Waals surface area contributed by atoms with Gasteiger partial charge in [0.15, 0.2) is 0 Å². The molecule has 0 aromatic carbocycles. The molecule has 0 radical (unpaired) electrons. The molecule has 3 N–H and O–H groups in total. The summed E-state index contributed by atoms with van der Waals surface area (Å²) in [6.07, 6.45) is 7.73. The Morgan fingerprint density at radius 3 is 1.81 bits per heavy atom. The van der Waals surface area contributed by atoms with Crippen LogP contribution in [0.25, 0.3) is 10.4 Å². The van der Waals surface area contributed by atoms with Crippen molar-refractivity contribution in [2.75, 3.05) is 7.05 Å². The molecular formula is C9H20N6U. The summed E-state index contributed by atoms with van der Waals surface area (Å²) in [5.41, 5.74) is 18.0. The summed E-state index contributed by atoms with van der Waals surface area (Å²) in [5.74, 6) is 2.25. The predicted molar refractivity (Wildman–Crippen MR) is 64.5 cm³/mol. The monoisotopic (exact) mass is 450 g/mol. The summed E-state index contributed by atoms with van der Waals surface area (Å²) in [5, 5.41) is 5.59. The number of nitrogens with two attached hydrogens (primary N) is 1. The summed E-state index contributed by atoms with van der Waals surface area (Å²) in [4.78, 5) is 2.36. The summed E-state index contributed by atoms with van der Waals surface area (Å²) in [7, 11) is 1.39. The molecule has 90 valence electrons. The molecular weight excluding hydrogens is 430 g/mol. The first-order chi connectivity index (χ1) is 6.74. The van der Waals surface area contributed by atoms with Crippen molar-refractivity contribution in [3.05, 3.63) is 30.3 Å². The Morgan fingerprint density at radius 1 is 1.56 bits per heavy atom. The van der Waals surface area contributed by atoms with E-state index in [0.717, 1.165) is 6.20 Å². The number of nitrogens with zero attached hydrogens (tertiary/aromatic N) is 4. The number of azide groups is 1. The number of hydrogen-bond donors (Lipinski definition) is 2. The third kappa shape index (κ3) is 447. The van der Waals surface area contributed by atoms with E-state index in [2.05, 4.69) is 39.4 Å². The minimum atomic E-state index is 0. The molecule has 0 aromatic heterocycles. The number of hydrogen-bond acceptors (Lipinski definition) is 4. The van der Waals surface area contributed by atoms with Gasteiger partial charge in [0.2, 0.25) is 0 Å². The summed E-state index contributed by atoms with van der Waals surface area (Å²) in [6.45, 7) is 5.65. The second-order valence-corrected chi connectivity index (χ2v) is 0.986. The fraction of sp³-hybridized carbons (Fsp3) is 0.444. The van der Waals surface area contributed by atoms with Gasteiger partial charge in [-0.2, -0.15) is 6.20 Å². The fourth-order valence-electron chi connectivity index (χ4n) is 0.0373. The summed E-state index contributed by atoms with van der Waals surface area (Å²) in [6, 6.07) is 0. The average Bonchev–Trinajstić information content (AvgIpc) is 2.24. The van der Waals surface area contributed by atoms with E-state index in [0.29, 0.717) is 0 Å². The van der Waals surface area contributed by atoms with Gasteiger partial charge in [0.25, 0.3) is 0 Å². The van der Waals surface area contributed by atoms with Crippen molar-refractivity contribution in [3.63, 3.8) is 0 Å². The Bertz CT molecular complexity index is 191. The Labute approximate surface area is 123 Å². The Kier molecular flexibility index (Phi) is 212. The zero-order valence-electron chi connectivity index (χ0n) is 10.5. The first kappa shape index (κ1) is 36.3. The molecule has 0 bridgehead atoms. The molecule has 0 spiro atoms. The maximum absolute atomic E-state index is 7.33. The van der Waals surface area contributed by atoms with E-state index >= 15 is 0 Å². The Hall–Kier alpha value is -0.938. The molecule has 0 saturated carbocycles. The van der Waals surface area contributed by atoms with Crippen LogP contribution in [0.4, 0.5) is 0 Å². The normalized spacial score (nSPS) is 4.69. The van der Waals surface area contributed by atoms with Crippen molar-refractivity contribution in [2.45, 2.75) is 20.8 Å². The van der Waals surface area contributed by atoms with Gasteiger partial charge in [-0.3, -0.25) is 0 Å². The summed E-state index contributed by atoms with van der Waals surface area (Å²) >= 11 is 0. The van der Waals surface area contributed by atoms with Gasteiger partial charge in [-0.05, 0) is 12.5 Å². The molecule has 0 atom stereocenters. The van der Waals surface area contributed by atoms with Crippen LogP contribution in [0, 0.1) is 62.6 Å². The SMILES string of the molecule is C#CC.CC.CN=[N+]=[N-].N=N[C-]=CN.[CH3-].[U+2]. The van der Waals surface area contributed by atoms with Crippen molar-refractivity contribution in [2.24, 2.45) is 16.0 Å². The summed E-state index contributed by atoms with van der Waals surface area (Å²) < 4.78 is 0. The first-order valence-electron chi connectivity index (χ1n) is 3.71. The van der Waals surface area contributed by atoms with Gasteiger partial charge in [0, 0.05) is 12.0 Å². The molecule has 0 saturated heterocycles. The van der Waals surface area contributed by atoms with Crippen molar-refractivity contribution in [1.82, 2.24) is 0 Å². The smallest absolute Gasteiger partial charge is 0.436 e. The van der Waals surface area contributed by atoms with Crippen LogP contribution in [-0.4, -0.2) is 7.05 Å². The molecule has 7 heteroatoms. The molecule has 6 nitrogen and oxygen atoms in total. The maximum Gasteiger partial charge on any atom is 2.00 e. The molecule has 0 heterocycles. The third-order valence-corrected chi connectivity index (χ3v) is 0.229. The number of terminal acetylenes is 1. The fourth-order valence-corrected chi connectivity index (χ4v) is 0.0373. The van der Waals surface area contributed by atoms with Gasteiger partial charge in [-0.15, -0.1) is 12.3 Å². The van der Waals surface area contributed by atoms with Gasteiger partial charge in [-0.25, -0.2) is 5.53 Å². The van der Waals surface area contributed by atoms with E-state index in [1.54, 1.807) is 6.92 Å². The van der Waals surface area contributed by atoms with Crippen LogP contribution in [0.2, 0.25) is 0 Å². The zero-order chi connectivity index (χ0) is 12.2. The minimum absolute atomic E-state index is 0. The Morgan fingerprint density at radius 2 is 1.81 bits per heavy atom. The largest absolute Gasteiger partial charge is 2.00 e. The molecule has 16 heavy (non-hydrogen) atoms. The maximum atomic E-state index is 7.33. The van der Waals surface area contributed by atoms with E-state index in [1.807, 2.05) is 13.8 Å². The second kappa shape index (κ2) is 93.6. The average molecular weight is 450 g/mol. The van der Waals surface area contributed by atoms with Crippen molar-refractivity contribution >= 4 is 0 Å². The topological polar surface area (TPSA) is 111 Å². The minimum Gasteiger partial charge on any atom is -0.436 e. The number of rotatable bonds is 1. The third-order valence-electron chi connectivity index (χ3n) is 0.229. The van der Waals surface area contributed by atoms with E-state index in [-0.39, 0.29) is 38.5 Å². The van der Waals surface area contributed by atoms with Gasteiger partial charge in [0.1, 0.15) is 0 Å². The van der Waals surface area contributed by atoms with Crippen LogP contribution in [0.1, 0.15) is 20.8 Å².